The van der Waals surface area contributed by atoms with E-state index in [0.717, 1.165) is 10.3 Å². The molecule has 0 saturated carbocycles. The van der Waals surface area contributed by atoms with Gasteiger partial charge in [-0.2, -0.15) is 0 Å². The second-order valence-electron chi connectivity index (χ2n) is 3.69. The summed E-state index contributed by atoms with van der Waals surface area (Å²) in [5.41, 5.74) is 1.23. The van der Waals surface area contributed by atoms with Gasteiger partial charge in [-0.3, -0.25) is 4.79 Å². The van der Waals surface area contributed by atoms with Gasteiger partial charge in [-0.25, -0.2) is 0 Å². The van der Waals surface area contributed by atoms with Gasteiger partial charge in [0.25, 0.3) is 0 Å². The second-order valence-corrected chi connectivity index (χ2v) is 4.74. The van der Waals surface area contributed by atoms with E-state index in [0.29, 0.717) is 0 Å². The van der Waals surface area contributed by atoms with Gasteiger partial charge in [0.1, 0.15) is 0 Å². The van der Waals surface area contributed by atoms with E-state index in [-0.39, 0.29) is 5.75 Å². The number of carboxylic acids is 1. The van der Waals surface area contributed by atoms with E-state index < -0.39 is 5.97 Å². The van der Waals surface area contributed by atoms with Crippen LogP contribution in [0.3, 0.4) is 0 Å². The Balaban J connectivity index is 2.30. The van der Waals surface area contributed by atoms with Crippen LogP contribution in [0, 0.1) is 6.92 Å². The maximum atomic E-state index is 10.5. The van der Waals surface area contributed by atoms with E-state index >= 15 is 0 Å². The first-order valence-corrected chi connectivity index (χ1v) is 5.99. The molecule has 0 heterocycles. The molecule has 0 aliphatic carbocycles. The first-order chi connectivity index (χ1) is 7.65. The van der Waals surface area contributed by atoms with Crippen molar-refractivity contribution in [3.8, 4) is 0 Å². The van der Waals surface area contributed by atoms with Crippen molar-refractivity contribution >= 4 is 28.5 Å². The number of fused-ring (bicyclic) bond motifs is 1. The number of hydrogen-bond donors (Lipinski definition) is 1. The molecule has 1 N–H and O–H groups in total. The van der Waals surface area contributed by atoms with Crippen LogP contribution < -0.4 is 0 Å². The zero-order valence-corrected chi connectivity index (χ0v) is 9.75. The number of aryl methyl sites for hydroxylation is 1. The number of benzene rings is 2. The summed E-state index contributed by atoms with van der Waals surface area (Å²) in [5, 5.41) is 11.0. The minimum atomic E-state index is -0.783. The van der Waals surface area contributed by atoms with Gasteiger partial charge < -0.3 is 5.11 Å². The lowest BCUT2D eigenvalue weighted by molar-refractivity contribution is -0.133. The van der Waals surface area contributed by atoms with E-state index in [9.17, 15) is 4.79 Å². The first kappa shape index (κ1) is 11.0. The van der Waals surface area contributed by atoms with Crippen molar-refractivity contribution in [2.45, 2.75) is 11.8 Å². The minimum absolute atomic E-state index is 0.109. The molecule has 2 nitrogen and oxygen atoms in total. The maximum Gasteiger partial charge on any atom is 0.313 e. The molecule has 0 aliphatic heterocycles. The summed E-state index contributed by atoms with van der Waals surface area (Å²) in [6, 6.07) is 12.3. The van der Waals surface area contributed by atoms with Gasteiger partial charge in [0.15, 0.2) is 0 Å². The van der Waals surface area contributed by atoms with Crippen LogP contribution in [0.4, 0.5) is 0 Å². The Morgan fingerprint density at radius 3 is 2.62 bits per heavy atom. The van der Waals surface area contributed by atoms with Gasteiger partial charge in [-0.1, -0.05) is 29.8 Å². The van der Waals surface area contributed by atoms with Crippen LogP contribution in [-0.2, 0) is 4.79 Å². The molecule has 0 aromatic heterocycles. The van der Waals surface area contributed by atoms with Crippen LogP contribution in [0.1, 0.15) is 5.56 Å². The largest absolute Gasteiger partial charge is 0.481 e. The molecular formula is C13H12O2S. The average molecular weight is 232 g/mol. The molecule has 0 aliphatic rings. The van der Waals surface area contributed by atoms with Gasteiger partial charge in [0.05, 0.1) is 5.75 Å². The normalized spacial score (nSPS) is 10.6. The molecule has 2 rings (SSSR count). The molecule has 0 atom stereocenters. The smallest absolute Gasteiger partial charge is 0.313 e. The highest BCUT2D eigenvalue weighted by atomic mass is 32.2. The Morgan fingerprint density at radius 2 is 1.88 bits per heavy atom. The zero-order chi connectivity index (χ0) is 11.5. The van der Waals surface area contributed by atoms with Gasteiger partial charge in [0, 0.05) is 4.90 Å². The highest BCUT2D eigenvalue weighted by Crippen LogP contribution is 2.24. The molecule has 0 radical (unpaired) electrons. The Kier molecular flexibility index (Phi) is 3.15. The Labute approximate surface area is 98.3 Å². The van der Waals surface area contributed by atoms with Crippen molar-refractivity contribution in [1.29, 1.82) is 0 Å². The number of rotatable bonds is 3. The molecule has 2 aromatic rings. The number of carboxylic acid groups (broad SMARTS) is 1. The third-order valence-electron chi connectivity index (χ3n) is 2.33. The molecule has 3 heteroatoms. The van der Waals surface area contributed by atoms with Crippen LogP contribution in [0.5, 0.6) is 0 Å². The fraction of sp³-hybridized carbons (Fsp3) is 0.154. The molecule has 0 amide bonds. The van der Waals surface area contributed by atoms with Crippen LogP contribution in [0.2, 0.25) is 0 Å². The summed E-state index contributed by atoms with van der Waals surface area (Å²) in [7, 11) is 0. The quantitative estimate of drug-likeness (QED) is 0.825. The Hall–Kier alpha value is -1.48. The third-order valence-corrected chi connectivity index (χ3v) is 3.31. The van der Waals surface area contributed by atoms with Gasteiger partial charge >= 0.3 is 5.97 Å². The van der Waals surface area contributed by atoms with Crippen LogP contribution in [0.25, 0.3) is 10.8 Å². The van der Waals surface area contributed by atoms with Crippen molar-refractivity contribution in [2.24, 2.45) is 0 Å². The minimum Gasteiger partial charge on any atom is -0.481 e. The predicted molar refractivity (Wildman–Crippen MR) is 67.0 cm³/mol. The lowest BCUT2D eigenvalue weighted by Gasteiger charge is -2.03. The van der Waals surface area contributed by atoms with E-state index in [4.69, 9.17) is 5.11 Å². The fourth-order valence-corrected chi connectivity index (χ4v) is 2.24. The molecule has 2 aromatic carbocycles. The first-order valence-electron chi connectivity index (χ1n) is 5.00. The van der Waals surface area contributed by atoms with Crippen LogP contribution in [0.15, 0.2) is 41.3 Å². The Morgan fingerprint density at radius 1 is 1.19 bits per heavy atom. The summed E-state index contributed by atoms with van der Waals surface area (Å²) in [6.07, 6.45) is 0. The standard InChI is InChI=1S/C13H12O2S/c1-9-2-3-11-7-12(16-8-13(14)15)5-4-10(11)6-9/h2-7H,8H2,1H3,(H,14,15). The molecule has 0 unspecified atom stereocenters. The van der Waals surface area contributed by atoms with Gasteiger partial charge in [-0.15, -0.1) is 11.8 Å². The van der Waals surface area contributed by atoms with E-state index in [2.05, 4.69) is 25.1 Å². The lowest BCUT2D eigenvalue weighted by atomic mass is 10.1. The van der Waals surface area contributed by atoms with Crippen molar-refractivity contribution in [1.82, 2.24) is 0 Å². The number of thioether (sulfide) groups is 1. The maximum absolute atomic E-state index is 10.5. The molecule has 82 valence electrons. The molecule has 16 heavy (non-hydrogen) atoms. The third kappa shape index (κ3) is 2.55. The Bertz CT molecular complexity index is 534. The summed E-state index contributed by atoms with van der Waals surface area (Å²) >= 11 is 1.35. The van der Waals surface area contributed by atoms with Crippen LogP contribution >= 0.6 is 11.8 Å². The van der Waals surface area contributed by atoms with Crippen molar-refractivity contribution in [2.75, 3.05) is 5.75 Å². The summed E-state index contributed by atoms with van der Waals surface area (Å²) in [4.78, 5) is 11.5. The summed E-state index contributed by atoms with van der Waals surface area (Å²) in [6.45, 7) is 2.06. The number of aliphatic carboxylic acids is 1. The van der Waals surface area contributed by atoms with E-state index in [1.54, 1.807) is 0 Å². The SMILES string of the molecule is Cc1ccc2cc(SCC(=O)O)ccc2c1. The fourth-order valence-electron chi connectivity index (χ4n) is 1.58. The van der Waals surface area contributed by atoms with E-state index in [1.165, 1.54) is 22.7 Å². The zero-order valence-electron chi connectivity index (χ0n) is 8.93. The summed E-state index contributed by atoms with van der Waals surface area (Å²) in [5.74, 6) is -0.675. The highest BCUT2D eigenvalue weighted by Gasteiger charge is 2.01. The van der Waals surface area contributed by atoms with E-state index in [1.807, 2.05) is 18.2 Å². The average Bonchev–Trinajstić information content (AvgIpc) is 2.26. The molecular weight excluding hydrogens is 220 g/mol. The molecule has 0 bridgehead atoms. The van der Waals surface area contributed by atoms with Gasteiger partial charge in [-0.05, 0) is 29.8 Å². The molecule has 0 fully saturated rings. The monoisotopic (exact) mass is 232 g/mol. The van der Waals surface area contributed by atoms with Crippen molar-refractivity contribution in [3.63, 3.8) is 0 Å². The lowest BCUT2D eigenvalue weighted by Crippen LogP contribution is -1.97. The topological polar surface area (TPSA) is 37.3 Å². The summed E-state index contributed by atoms with van der Waals surface area (Å²) < 4.78 is 0. The molecule has 0 spiro atoms. The molecule has 0 saturated heterocycles. The van der Waals surface area contributed by atoms with Gasteiger partial charge in [0.2, 0.25) is 0 Å². The van der Waals surface area contributed by atoms with Crippen LogP contribution in [-0.4, -0.2) is 16.8 Å². The number of carbonyl (C=O) groups is 1. The predicted octanol–water partition coefficient (Wildman–Crippen LogP) is 3.32. The number of hydrogen-bond acceptors (Lipinski definition) is 2. The van der Waals surface area contributed by atoms with Crippen molar-refractivity contribution < 1.29 is 9.90 Å². The van der Waals surface area contributed by atoms with Crippen molar-refractivity contribution in [3.05, 3.63) is 42.0 Å². The highest BCUT2D eigenvalue weighted by molar-refractivity contribution is 8.00. The second kappa shape index (κ2) is 4.58.